The van der Waals surface area contributed by atoms with E-state index in [9.17, 15) is 21.6 Å². The van der Waals surface area contributed by atoms with Gasteiger partial charge in [-0.1, -0.05) is 30.3 Å². The van der Waals surface area contributed by atoms with E-state index in [1.807, 2.05) is 0 Å². The van der Waals surface area contributed by atoms with Crippen molar-refractivity contribution in [3.63, 3.8) is 0 Å². The van der Waals surface area contributed by atoms with Crippen LogP contribution in [0.5, 0.6) is 5.75 Å². The van der Waals surface area contributed by atoms with Crippen LogP contribution in [0.2, 0.25) is 0 Å². The molecule has 0 aliphatic carbocycles. The van der Waals surface area contributed by atoms with Crippen LogP contribution in [0, 0.1) is 0 Å². The maximum Gasteiger partial charge on any atom is 0.402 e. The zero-order chi connectivity index (χ0) is 18.7. The topological polar surface area (TPSA) is 72.6 Å². The Morgan fingerprint density at radius 1 is 1.12 bits per heavy atom. The second kappa shape index (κ2) is 7.32. The Hall–Kier alpha value is -2.26. The highest BCUT2D eigenvalue weighted by Gasteiger charge is 2.37. The predicted octanol–water partition coefficient (Wildman–Crippen LogP) is 3.03. The van der Waals surface area contributed by atoms with E-state index in [1.54, 1.807) is 30.3 Å². The van der Waals surface area contributed by atoms with Crippen molar-refractivity contribution in [3.8, 4) is 5.75 Å². The van der Waals surface area contributed by atoms with Gasteiger partial charge in [0, 0.05) is 12.6 Å². The van der Waals surface area contributed by atoms with Crippen molar-refractivity contribution in [1.82, 2.24) is 4.31 Å². The van der Waals surface area contributed by atoms with Gasteiger partial charge in [-0.25, -0.2) is 8.42 Å². The van der Waals surface area contributed by atoms with Crippen LogP contribution in [0.15, 0.2) is 53.4 Å². The van der Waals surface area contributed by atoms with Gasteiger partial charge in [-0.3, -0.25) is 0 Å². The molecule has 0 bridgehead atoms. The van der Waals surface area contributed by atoms with E-state index < -0.39 is 34.2 Å². The van der Waals surface area contributed by atoms with Gasteiger partial charge in [0.2, 0.25) is 10.0 Å². The highest BCUT2D eigenvalue weighted by Crippen LogP contribution is 2.29. The van der Waals surface area contributed by atoms with Crippen LogP contribution in [0.4, 0.5) is 18.9 Å². The summed E-state index contributed by atoms with van der Waals surface area (Å²) in [6.45, 7) is -2.04. The first-order valence-electron chi connectivity index (χ1n) is 7.18. The molecule has 0 radical (unpaired) electrons. The molecule has 2 rings (SSSR count). The third kappa shape index (κ3) is 4.86. The molecule has 0 atom stereocenters. The van der Waals surface area contributed by atoms with E-state index in [1.165, 1.54) is 19.2 Å². The lowest BCUT2D eigenvalue weighted by Crippen LogP contribution is -2.38. The number of nitrogen functional groups attached to an aromatic ring is 1. The summed E-state index contributed by atoms with van der Waals surface area (Å²) < 4.78 is 69.5. The molecule has 0 heterocycles. The van der Waals surface area contributed by atoms with Crippen molar-refractivity contribution >= 4 is 15.7 Å². The summed E-state index contributed by atoms with van der Waals surface area (Å²) in [6, 6.07) is 11.8. The summed E-state index contributed by atoms with van der Waals surface area (Å²) in [4.78, 5) is -0.395. The average Bonchev–Trinajstić information content (AvgIpc) is 2.53. The maximum absolute atomic E-state index is 12.9. The zero-order valence-corrected chi connectivity index (χ0v) is 14.1. The van der Waals surface area contributed by atoms with Crippen molar-refractivity contribution in [2.75, 3.05) is 19.4 Å². The van der Waals surface area contributed by atoms with Gasteiger partial charge in [0.25, 0.3) is 0 Å². The largest absolute Gasteiger partial charge is 0.497 e. The number of hydrogen-bond donors (Lipinski definition) is 1. The minimum Gasteiger partial charge on any atom is -0.497 e. The third-order valence-electron chi connectivity index (χ3n) is 3.39. The normalized spacial score (nSPS) is 12.4. The van der Waals surface area contributed by atoms with Crippen LogP contribution < -0.4 is 10.5 Å². The number of halogens is 3. The fraction of sp³-hybridized carbons (Fsp3) is 0.250. The Morgan fingerprint density at radius 3 is 2.28 bits per heavy atom. The van der Waals surface area contributed by atoms with Crippen LogP contribution in [0.1, 0.15) is 5.56 Å². The van der Waals surface area contributed by atoms with Crippen LogP contribution >= 0.6 is 0 Å². The lowest BCUT2D eigenvalue weighted by Gasteiger charge is -2.24. The Kier molecular flexibility index (Phi) is 5.58. The number of nitrogens with two attached hydrogens (primary N) is 1. The van der Waals surface area contributed by atoms with E-state index in [0.29, 0.717) is 15.6 Å². The summed E-state index contributed by atoms with van der Waals surface area (Å²) in [5.74, 6) is 0.307. The monoisotopic (exact) mass is 374 g/mol. The van der Waals surface area contributed by atoms with Crippen molar-refractivity contribution in [2.24, 2.45) is 0 Å². The van der Waals surface area contributed by atoms with Crippen LogP contribution in [0.25, 0.3) is 0 Å². The molecular formula is C16H17F3N2O3S. The molecule has 0 aliphatic heterocycles. The smallest absolute Gasteiger partial charge is 0.402 e. The number of nitrogens with zero attached hydrogens (tertiary/aromatic N) is 1. The minimum atomic E-state index is -4.69. The van der Waals surface area contributed by atoms with Crippen molar-refractivity contribution < 1.29 is 26.3 Å². The third-order valence-corrected chi connectivity index (χ3v) is 5.26. The van der Waals surface area contributed by atoms with E-state index in [0.717, 1.165) is 6.07 Å². The number of ether oxygens (including phenoxy) is 1. The number of rotatable bonds is 6. The second-order valence-corrected chi connectivity index (χ2v) is 7.18. The Morgan fingerprint density at radius 2 is 1.76 bits per heavy atom. The predicted molar refractivity (Wildman–Crippen MR) is 87.5 cm³/mol. The molecule has 136 valence electrons. The van der Waals surface area contributed by atoms with Crippen LogP contribution in [-0.2, 0) is 16.6 Å². The standard InChI is InChI=1S/C16H17F3N2O3S/c1-24-13-7-8-15(14(20)9-13)25(22,23)21(11-16(17,18)19)10-12-5-3-2-4-6-12/h2-9H,10-11,20H2,1H3. The van der Waals surface area contributed by atoms with Gasteiger partial charge in [0.05, 0.1) is 12.8 Å². The molecular weight excluding hydrogens is 357 g/mol. The lowest BCUT2D eigenvalue weighted by atomic mass is 10.2. The van der Waals surface area contributed by atoms with Crippen LogP contribution in [-0.4, -0.2) is 32.6 Å². The summed E-state index contributed by atoms with van der Waals surface area (Å²) >= 11 is 0. The zero-order valence-electron chi connectivity index (χ0n) is 13.3. The molecule has 0 unspecified atom stereocenters. The minimum absolute atomic E-state index is 0.181. The van der Waals surface area contributed by atoms with Crippen molar-refractivity contribution in [1.29, 1.82) is 0 Å². The fourth-order valence-electron chi connectivity index (χ4n) is 2.24. The molecule has 2 aromatic carbocycles. The quantitative estimate of drug-likeness (QED) is 0.789. The Labute approximate surface area is 143 Å². The summed E-state index contributed by atoms with van der Waals surface area (Å²) in [7, 11) is -3.09. The van der Waals surface area contributed by atoms with Gasteiger partial charge in [-0.2, -0.15) is 17.5 Å². The molecule has 0 fully saturated rings. The van der Waals surface area contributed by atoms with Gasteiger partial charge < -0.3 is 10.5 Å². The lowest BCUT2D eigenvalue weighted by molar-refractivity contribution is -0.136. The van der Waals surface area contributed by atoms with E-state index in [-0.39, 0.29) is 5.69 Å². The Bertz CT molecular complexity index is 824. The first kappa shape index (κ1) is 19.1. The van der Waals surface area contributed by atoms with E-state index in [2.05, 4.69) is 0 Å². The molecule has 0 aliphatic rings. The molecule has 0 amide bonds. The first-order valence-corrected chi connectivity index (χ1v) is 8.62. The number of methoxy groups -OCH3 is 1. The molecule has 0 saturated carbocycles. The molecule has 0 saturated heterocycles. The van der Waals surface area contributed by atoms with Gasteiger partial charge in [-0.15, -0.1) is 0 Å². The molecule has 0 aromatic heterocycles. The van der Waals surface area contributed by atoms with Gasteiger partial charge in [0.1, 0.15) is 17.2 Å². The molecule has 2 N–H and O–H groups in total. The molecule has 25 heavy (non-hydrogen) atoms. The first-order chi connectivity index (χ1) is 11.6. The van der Waals surface area contributed by atoms with Gasteiger partial charge in [-0.05, 0) is 17.7 Å². The number of alkyl halides is 3. The maximum atomic E-state index is 12.9. The van der Waals surface area contributed by atoms with Crippen LogP contribution in [0.3, 0.4) is 0 Å². The number of benzene rings is 2. The SMILES string of the molecule is COc1ccc(S(=O)(=O)N(Cc2ccccc2)CC(F)(F)F)c(N)c1. The molecule has 2 aromatic rings. The summed E-state index contributed by atoms with van der Waals surface area (Å²) in [6.07, 6.45) is -4.69. The second-order valence-electron chi connectivity index (χ2n) is 5.28. The summed E-state index contributed by atoms with van der Waals surface area (Å²) in [5.41, 5.74) is 5.96. The Balaban J connectivity index is 2.44. The molecule has 9 heteroatoms. The molecule has 0 spiro atoms. The summed E-state index contributed by atoms with van der Waals surface area (Å²) in [5, 5.41) is 0. The number of sulfonamides is 1. The van der Waals surface area contributed by atoms with E-state index >= 15 is 0 Å². The highest BCUT2D eigenvalue weighted by atomic mass is 32.2. The fourth-order valence-corrected chi connectivity index (χ4v) is 3.75. The number of anilines is 1. The highest BCUT2D eigenvalue weighted by molar-refractivity contribution is 7.89. The number of hydrogen-bond acceptors (Lipinski definition) is 4. The van der Waals surface area contributed by atoms with Gasteiger partial charge >= 0.3 is 6.18 Å². The van der Waals surface area contributed by atoms with Gasteiger partial charge in [0.15, 0.2) is 0 Å². The van der Waals surface area contributed by atoms with E-state index in [4.69, 9.17) is 10.5 Å². The molecule has 5 nitrogen and oxygen atoms in total. The van der Waals surface area contributed by atoms with Crippen molar-refractivity contribution in [3.05, 3.63) is 54.1 Å². The van der Waals surface area contributed by atoms with Crippen molar-refractivity contribution in [2.45, 2.75) is 17.6 Å². The average molecular weight is 374 g/mol.